The fourth-order valence-electron chi connectivity index (χ4n) is 4.78. The van der Waals surface area contributed by atoms with Crippen LogP contribution in [-0.4, -0.2) is 35.1 Å². The highest BCUT2D eigenvalue weighted by atomic mass is 19.4. The third-order valence-electron chi connectivity index (χ3n) is 6.49. The molecule has 1 unspecified atom stereocenters. The number of carbonyl (C=O) groups excluding carboxylic acids is 1. The predicted octanol–water partition coefficient (Wildman–Crippen LogP) is 6.05. The number of hydrogen-bond acceptors (Lipinski definition) is 5. The summed E-state index contributed by atoms with van der Waals surface area (Å²) in [7, 11) is 0. The molecule has 1 atom stereocenters. The van der Waals surface area contributed by atoms with Gasteiger partial charge in [0.15, 0.2) is 18.0 Å². The molecule has 36 heavy (non-hydrogen) atoms. The minimum Gasteiger partial charge on any atom is -0.444 e. The first-order valence-electron chi connectivity index (χ1n) is 11.4. The number of alkyl halides is 3. The van der Waals surface area contributed by atoms with Crippen molar-refractivity contribution >= 4 is 23.2 Å². The van der Waals surface area contributed by atoms with Gasteiger partial charge in [0.2, 0.25) is 0 Å². The molecule has 1 N–H and O–H groups in total. The van der Waals surface area contributed by atoms with Gasteiger partial charge in [-0.15, -0.1) is 0 Å². The number of halogens is 3. The second kappa shape index (κ2) is 8.40. The summed E-state index contributed by atoms with van der Waals surface area (Å²) in [6, 6.07) is 15.3. The molecule has 0 saturated carbocycles. The van der Waals surface area contributed by atoms with Gasteiger partial charge in [-0.2, -0.15) is 13.2 Å². The number of amides is 2. The smallest absolute Gasteiger partial charge is 0.416 e. The molecule has 182 valence electrons. The maximum Gasteiger partial charge on any atom is 0.416 e. The molecule has 2 bridgehead atoms. The molecule has 4 heterocycles. The van der Waals surface area contributed by atoms with Crippen LogP contribution in [0.25, 0.3) is 22.6 Å². The van der Waals surface area contributed by atoms with Gasteiger partial charge >= 0.3 is 12.2 Å². The van der Waals surface area contributed by atoms with Crippen LogP contribution in [0.15, 0.2) is 77.7 Å². The lowest BCUT2D eigenvalue weighted by Crippen LogP contribution is -2.48. The van der Waals surface area contributed by atoms with Crippen molar-refractivity contribution in [2.24, 2.45) is 0 Å². The van der Waals surface area contributed by atoms with E-state index >= 15 is 0 Å². The normalized spacial score (nSPS) is 16.7. The van der Waals surface area contributed by atoms with Gasteiger partial charge in [0.1, 0.15) is 0 Å². The van der Waals surface area contributed by atoms with Crippen LogP contribution in [0.3, 0.4) is 0 Å². The molecule has 1 fully saturated rings. The molecule has 2 aromatic carbocycles. The highest BCUT2D eigenvalue weighted by Gasteiger charge is 2.40. The highest BCUT2D eigenvalue weighted by Crippen LogP contribution is 2.41. The number of pyridine rings is 1. The minimum absolute atomic E-state index is 0.0979. The Labute approximate surface area is 204 Å². The molecular weight excluding hydrogens is 471 g/mol. The van der Waals surface area contributed by atoms with E-state index in [9.17, 15) is 18.0 Å². The fraction of sp³-hybridized carbons (Fsp3) is 0.192. The largest absolute Gasteiger partial charge is 0.444 e. The summed E-state index contributed by atoms with van der Waals surface area (Å²) in [5.41, 5.74) is 2.08. The second-order valence-corrected chi connectivity index (χ2v) is 8.75. The van der Waals surface area contributed by atoms with Gasteiger partial charge in [-0.3, -0.25) is 4.90 Å². The number of anilines is 3. The molecule has 6 rings (SSSR count). The number of hydrogen-bond donors (Lipinski definition) is 1. The molecule has 2 aromatic heterocycles. The Morgan fingerprint density at radius 1 is 1.06 bits per heavy atom. The van der Waals surface area contributed by atoms with Gasteiger partial charge in [-0.05, 0) is 42.8 Å². The minimum atomic E-state index is -4.46. The highest BCUT2D eigenvalue weighted by molar-refractivity contribution is 6.05. The van der Waals surface area contributed by atoms with Crippen LogP contribution in [0.5, 0.6) is 0 Å². The number of nitrogens with zero attached hydrogens (tertiary/aromatic N) is 4. The molecule has 0 aliphatic carbocycles. The van der Waals surface area contributed by atoms with Gasteiger partial charge in [0, 0.05) is 29.9 Å². The van der Waals surface area contributed by atoms with Gasteiger partial charge < -0.3 is 14.6 Å². The van der Waals surface area contributed by atoms with Crippen molar-refractivity contribution in [3.8, 4) is 22.6 Å². The van der Waals surface area contributed by atoms with Gasteiger partial charge in [-0.25, -0.2) is 14.8 Å². The Balaban J connectivity index is 1.34. The van der Waals surface area contributed by atoms with E-state index in [1.807, 2.05) is 12.1 Å². The zero-order valence-electron chi connectivity index (χ0n) is 18.9. The number of benzene rings is 2. The van der Waals surface area contributed by atoms with Crippen molar-refractivity contribution in [3.05, 3.63) is 78.8 Å². The third kappa shape index (κ3) is 3.94. The summed E-state index contributed by atoms with van der Waals surface area (Å²) in [6.07, 6.45) is -0.763. The Morgan fingerprint density at radius 2 is 1.89 bits per heavy atom. The summed E-state index contributed by atoms with van der Waals surface area (Å²) in [5, 5.41) is 2.94. The topological polar surface area (TPSA) is 74.5 Å². The van der Waals surface area contributed by atoms with Crippen molar-refractivity contribution in [2.45, 2.75) is 18.6 Å². The molecule has 4 aromatic rings. The average Bonchev–Trinajstić information content (AvgIpc) is 3.55. The molecule has 0 spiro atoms. The fourth-order valence-corrected chi connectivity index (χ4v) is 4.78. The van der Waals surface area contributed by atoms with E-state index in [2.05, 4.69) is 20.2 Å². The Hall–Kier alpha value is -4.34. The Kier molecular flexibility index (Phi) is 5.17. The van der Waals surface area contributed by atoms with Crippen molar-refractivity contribution in [1.82, 2.24) is 9.97 Å². The van der Waals surface area contributed by atoms with E-state index in [-0.39, 0.29) is 12.1 Å². The zero-order valence-corrected chi connectivity index (χ0v) is 18.9. The van der Waals surface area contributed by atoms with Crippen molar-refractivity contribution < 1.29 is 22.4 Å². The van der Waals surface area contributed by atoms with E-state index < -0.39 is 11.7 Å². The SMILES string of the molecule is O=C(Nc1cccc(-c2cnco2)c1)N1c2nc(-c3cccc(C(F)(F)F)c3)ccc2N2CCC1C2. The standard InChI is InChI=1S/C26H20F3N5O2/c27-26(28,29)18-5-1-3-16(11-18)21-7-8-22-24(32-21)34(20-9-10-33(22)14-20)25(35)31-19-6-2-4-17(12-19)23-13-30-15-36-23/h1-8,11-13,15,20H,9-10,14H2,(H,31,35). The lowest BCUT2D eigenvalue weighted by atomic mass is 10.1. The molecular formula is C26H20F3N5O2. The lowest BCUT2D eigenvalue weighted by Gasteiger charge is -2.36. The number of fused-ring (bicyclic) bond motifs is 4. The molecule has 2 aliphatic rings. The first-order valence-corrected chi connectivity index (χ1v) is 11.4. The number of oxazole rings is 1. The van der Waals surface area contributed by atoms with Crippen LogP contribution >= 0.6 is 0 Å². The van der Waals surface area contributed by atoms with Crippen molar-refractivity contribution in [3.63, 3.8) is 0 Å². The van der Waals surface area contributed by atoms with Crippen molar-refractivity contribution in [2.75, 3.05) is 28.2 Å². The summed E-state index contributed by atoms with van der Waals surface area (Å²) in [5.74, 6) is 1.01. The number of carbonyl (C=O) groups is 1. The number of nitrogens with one attached hydrogen (secondary N) is 1. The average molecular weight is 491 g/mol. The van der Waals surface area contributed by atoms with E-state index in [4.69, 9.17) is 4.42 Å². The summed E-state index contributed by atoms with van der Waals surface area (Å²) >= 11 is 0. The number of rotatable bonds is 3. The van der Waals surface area contributed by atoms with E-state index in [0.29, 0.717) is 35.1 Å². The van der Waals surface area contributed by atoms with Crippen LogP contribution in [0.1, 0.15) is 12.0 Å². The maximum atomic E-state index is 13.5. The van der Waals surface area contributed by atoms with E-state index in [0.717, 1.165) is 36.3 Å². The maximum absolute atomic E-state index is 13.5. The monoisotopic (exact) mass is 491 g/mol. The summed E-state index contributed by atoms with van der Waals surface area (Å²) < 4.78 is 45.1. The molecule has 10 heteroatoms. The summed E-state index contributed by atoms with van der Waals surface area (Å²) in [6.45, 7) is 1.44. The lowest BCUT2D eigenvalue weighted by molar-refractivity contribution is -0.137. The molecule has 0 radical (unpaired) electrons. The number of urea groups is 1. The summed E-state index contributed by atoms with van der Waals surface area (Å²) in [4.78, 5) is 25.9. The van der Waals surface area contributed by atoms with Crippen molar-refractivity contribution in [1.29, 1.82) is 0 Å². The third-order valence-corrected chi connectivity index (χ3v) is 6.49. The predicted molar refractivity (Wildman–Crippen MR) is 129 cm³/mol. The Morgan fingerprint density at radius 3 is 2.69 bits per heavy atom. The van der Waals surface area contributed by atoms with Gasteiger partial charge in [-0.1, -0.05) is 24.3 Å². The van der Waals surface area contributed by atoms with Crippen LogP contribution < -0.4 is 15.1 Å². The van der Waals surface area contributed by atoms with Crippen LogP contribution in [0.2, 0.25) is 0 Å². The molecule has 2 aliphatic heterocycles. The molecule has 2 amide bonds. The Bertz CT molecular complexity index is 1440. The van der Waals surface area contributed by atoms with Gasteiger partial charge in [0.25, 0.3) is 0 Å². The van der Waals surface area contributed by atoms with Crippen LogP contribution in [0.4, 0.5) is 35.2 Å². The second-order valence-electron chi connectivity index (χ2n) is 8.75. The molecule has 7 nitrogen and oxygen atoms in total. The first kappa shape index (κ1) is 22.1. The first-order chi connectivity index (χ1) is 17.4. The quantitative estimate of drug-likeness (QED) is 0.378. The van der Waals surface area contributed by atoms with Gasteiger partial charge in [0.05, 0.1) is 29.2 Å². The number of aromatic nitrogens is 2. The van der Waals surface area contributed by atoms with E-state index in [1.165, 1.54) is 12.5 Å². The van der Waals surface area contributed by atoms with Crippen LogP contribution in [0, 0.1) is 0 Å². The molecule has 1 saturated heterocycles. The zero-order chi connectivity index (χ0) is 24.9. The van der Waals surface area contributed by atoms with Crippen LogP contribution in [-0.2, 0) is 6.18 Å². The van der Waals surface area contributed by atoms with E-state index in [1.54, 1.807) is 41.4 Å².